The second-order valence-electron chi connectivity index (χ2n) is 14.2. The molecule has 3 heteroatoms. The molecule has 3 heterocycles. The van der Waals surface area contributed by atoms with Crippen LogP contribution in [0.15, 0.2) is 75.0 Å². The lowest BCUT2D eigenvalue weighted by molar-refractivity contribution is -0.659. The van der Waals surface area contributed by atoms with Crippen LogP contribution in [0, 0.1) is 17.8 Å². The van der Waals surface area contributed by atoms with Gasteiger partial charge in [0.05, 0.1) is 10.9 Å². The third kappa shape index (κ3) is 3.96. The minimum absolute atomic E-state index is 0.129. The van der Waals surface area contributed by atoms with Crippen molar-refractivity contribution in [2.75, 3.05) is 0 Å². The number of pyridine rings is 1. The average Bonchev–Trinajstić information content (AvgIpc) is 3.26. The summed E-state index contributed by atoms with van der Waals surface area (Å²) in [6.07, 6.45) is 4.29. The molecule has 40 heavy (non-hydrogen) atoms. The lowest BCUT2D eigenvalue weighted by atomic mass is 9.83. The van der Waals surface area contributed by atoms with E-state index in [1.165, 1.54) is 70.1 Å². The van der Waals surface area contributed by atoms with E-state index in [1.807, 2.05) is 11.8 Å². The first-order chi connectivity index (χ1) is 18.9. The average molecular weight is 545 g/mol. The number of rotatable bonds is 2. The Morgan fingerprint density at radius 2 is 1.52 bits per heavy atom. The molecule has 0 radical (unpaired) electrons. The fourth-order valence-electron chi connectivity index (χ4n) is 6.75. The van der Waals surface area contributed by atoms with Crippen molar-refractivity contribution in [1.29, 1.82) is 0 Å². The van der Waals surface area contributed by atoms with Crippen LogP contribution >= 0.6 is 11.8 Å². The number of para-hydroxylation sites is 1. The van der Waals surface area contributed by atoms with Crippen LogP contribution in [0.1, 0.15) is 58.2 Å². The van der Waals surface area contributed by atoms with E-state index in [2.05, 4.69) is 121 Å². The largest absolute Gasteiger partial charge is 0.456 e. The van der Waals surface area contributed by atoms with Gasteiger partial charge in [0.1, 0.15) is 18.2 Å². The summed E-state index contributed by atoms with van der Waals surface area (Å²) >= 11 is 1.99. The minimum atomic E-state index is 0.129. The summed E-state index contributed by atoms with van der Waals surface area (Å²) in [6.45, 7) is 16.3. The number of fused-ring (bicyclic) bond motifs is 7. The molecule has 202 valence electrons. The maximum Gasteiger partial charge on any atom is 0.222 e. The number of hydrogen-bond donors (Lipinski definition) is 0. The van der Waals surface area contributed by atoms with Crippen molar-refractivity contribution in [3.05, 3.63) is 77.5 Å². The molecule has 7 rings (SSSR count). The van der Waals surface area contributed by atoms with Crippen LogP contribution in [0.5, 0.6) is 0 Å². The summed E-state index contributed by atoms with van der Waals surface area (Å²) in [6, 6.07) is 20.4. The highest BCUT2D eigenvalue weighted by Crippen LogP contribution is 2.55. The van der Waals surface area contributed by atoms with Gasteiger partial charge in [0.15, 0.2) is 6.20 Å². The van der Waals surface area contributed by atoms with Gasteiger partial charge in [0, 0.05) is 32.2 Å². The maximum atomic E-state index is 6.63. The summed E-state index contributed by atoms with van der Waals surface area (Å²) in [4.78, 5) is 2.78. The summed E-state index contributed by atoms with van der Waals surface area (Å²) in [5.41, 5.74) is 9.09. The van der Waals surface area contributed by atoms with Crippen LogP contribution in [-0.2, 0) is 19.9 Å². The summed E-state index contributed by atoms with van der Waals surface area (Å²) in [5.74, 6) is 0. The van der Waals surface area contributed by atoms with Crippen LogP contribution in [0.3, 0.4) is 0 Å². The van der Waals surface area contributed by atoms with Gasteiger partial charge in [0.25, 0.3) is 0 Å². The summed E-state index contributed by atoms with van der Waals surface area (Å²) in [7, 11) is 2.20. The van der Waals surface area contributed by atoms with Crippen LogP contribution in [-0.4, -0.2) is 0 Å². The van der Waals surface area contributed by atoms with Gasteiger partial charge < -0.3 is 4.42 Å². The van der Waals surface area contributed by atoms with E-state index >= 15 is 0 Å². The van der Waals surface area contributed by atoms with E-state index in [9.17, 15) is 0 Å². The van der Waals surface area contributed by atoms with Gasteiger partial charge in [-0.25, -0.2) is 4.57 Å². The Morgan fingerprint density at radius 3 is 2.27 bits per heavy atom. The van der Waals surface area contributed by atoms with Crippen LogP contribution in [0.25, 0.3) is 54.7 Å². The molecule has 1 aliphatic heterocycles. The minimum Gasteiger partial charge on any atom is -0.456 e. The molecular weight excluding hydrogens is 506 g/mol. The normalized spacial score (nSPS) is 13.6. The third-order valence-electron chi connectivity index (χ3n) is 8.25. The van der Waals surface area contributed by atoms with Crippen molar-refractivity contribution in [2.24, 2.45) is 17.9 Å². The second-order valence-corrected chi connectivity index (χ2v) is 15.2. The van der Waals surface area contributed by atoms with Crippen LogP contribution in [0.2, 0.25) is 0 Å². The SMILES string of the molecule is Cc1c2c(c(CC(C)(C)C)c3c1oc1ccccc13)Sc1c3ccc(CC(C)(C)C)cc3cc3cc[n+](C)c-2c13. The molecule has 6 aromatic rings. The Hall–Kier alpha value is -3.30. The number of hydrogen-bond acceptors (Lipinski definition) is 2. The fraction of sp³-hybridized carbons (Fsp3) is 0.324. The number of aromatic nitrogens is 1. The molecule has 0 unspecified atom stereocenters. The Kier molecular flexibility index (Phi) is 5.52. The van der Waals surface area contributed by atoms with Gasteiger partial charge in [-0.2, -0.15) is 0 Å². The number of benzene rings is 4. The molecule has 0 N–H and O–H groups in total. The highest BCUT2D eigenvalue weighted by molar-refractivity contribution is 8.00. The number of aryl methyl sites for hydroxylation is 2. The third-order valence-corrected chi connectivity index (χ3v) is 9.53. The number of nitrogens with zero attached hydrogens (tertiary/aromatic N) is 1. The number of furan rings is 1. The van der Waals surface area contributed by atoms with Gasteiger partial charge in [-0.15, -0.1) is 0 Å². The quantitative estimate of drug-likeness (QED) is 0.159. The van der Waals surface area contributed by atoms with E-state index in [0.29, 0.717) is 0 Å². The van der Waals surface area contributed by atoms with Crippen molar-refractivity contribution >= 4 is 55.2 Å². The zero-order valence-electron chi connectivity index (χ0n) is 25.0. The zero-order valence-corrected chi connectivity index (χ0v) is 25.8. The Labute approximate surface area is 241 Å². The Balaban J connectivity index is 1.61. The first-order valence-corrected chi connectivity index (χ1v) is 15.2. The smallest absolute Gasteiger partial charge is 0.222 e. The highest BCUT2D eigenvalue weighted by atomic mass is 32.2. The van der Waals surface area contributed by atoms with Crippen molar-refractivity contribution < 1.29 is 8.98 Å². The highest BCUT2D eigenvalue weighted by Gasteiger charge is 2.35. The molecule has 0 spiro atoms. The van der Waals surface area contributed by atoms with E-state index in [1.54, 1.807) is 0 Å². The first-order valence-electron chi connectivity index (χ1n) is 14.4. The van der Waals surface area contributed by atoms with Gasteiger partial charge in [-0.3, -0.25) is 0 Å². The molecular formula is C37H38NOS+. The molecule has 0 amide bonds. The lowest BCUT2D eigenvalue weighted by Gasteiger charge is -2.27. The van der Waals surface area contributed by atoms with Gasteiger partial charge in [-0.05, 0) is 70.0 Å². The van der Waals surface area contributed by atoms with Crippen molar-refractivity contribution in [2.45, 2.75) is 71.1 Å². The molecule has 0 aliphatic carbocycles. The predicted octanol–water partition coefficient (Wildman–Crippen LogP) is 10.3. The Bertz CT molecular complexity index is 2010. The molecule has 0 saturated heterocycles. The fourth-order valence-corrected chi connectivity index (χ4v) is 8.21. The topological polar surface area (TPSA) is 17.0 Å². The molecule has 0 atom stereocenters. The molecule has 4 aromatic carbocycles. The van der Waals surface area contributed by atoms with E-state index in [4.69, 9.17) is 4.42 Å². The molecule has 0 saturated carbocycles. The molecule has 1 aliphatic rings. The maximum absolute atomic E-state index is 6.63. The predicted molar refractivity (Wildman–Crippen MR) is 171 cm³/mol. The van der Waals surface area contributed by atoms with Gasteiger partial charge in [0.2, 0.25) is 5.69 Å². The monoisotopic (exact) mass is 544 g/mol. The lowest BCUT2D eigenvalue weighted by Crippen LogP contribution is -2.32. The first kappa shape index (κ1) is 25.7. The molecule has 0 fully saturated rings. The molecule has 0 bridgehead atoms. The molecule has 2 aromatic heterocycles. The van der Waals surface area contributed by atoms with Gasteiger partial charge >= 0.3 is 0 Å². The van der Waals surface area contributed by atoms with Crippen LogP contribution < -0.4 is 4.57 Å². The van der Waals surface area contributed by atoms with Crippen LogP contribution in [0.4, 0.5) is 0 Å². The second kappa shape index (κ2) is 8.60. The van der Waals surface area contributed by atoms with E-state index in [-0.39, 0.29) is 10.8 Å². The zero-order chi connectivity index (χ0) is 28.1. The standard InChI is InChI=1S/C37H38NOS/c1-21-29-32-30-23(15-16-38(32)8)18-24-17-22(19-36(2,3)4)13-14-25(24)34(30)40-35(29)27(20-37(5,6)7)31-26-11-9-10-12-28(26)39-33(21)31/h9-18H,19-20H2,1-8H3/q+1. The van der Waals surface area contributed by atoms with E-state index in [0.717, 1.165) is 24.0 Å². The molecule has 2 nitrogen and oxygen atoms in total. The summed E-state index contributed by atoms with van der Waals surface area (Å²) in [5, 5.41) is 7.87. The van der Waals surface area contributed by atoms with E-state index < -0.39 is 0 Å². The van der Waals surface area contributed by atoms with Crippen molar-refractivity contribution in [1.82, 2.24) is 0 Å². The van der Waals surface area contributed by atoms with Crippen molar-refractivity contribution in [3.63, 3.8) is 0 Å². The Morgan fingerprint density at radius 1 is 0.775 bits per heavy atom. The summed E-state index contributed by atoms with van der Waals surface area (Å²) < 4.78 is 8.96. The van der Waals surface area contributed by atoms with Gasteiger partial charge in [-0.1, -0.05) is 89.7 Å². The van der Waals surface area contributed by atoms with Crippen molar-refractivity contribution in [3.8, 4) is 11.3 Å².